The van der Waals surface area contributed by atoms with Gasteiger partial charge in [-0.2, -0.15) is 9.89 Å². The summed E-state index contributed by atoms with van der Waals surface area (Å²) in [6.07, 6.45) is 19.7. The van der Waals surface area contributed by atoms with E-state index in [1.807, 2.05) is 73.9 Å². The average Bonchev–Trinajstić information content (AvgIpc) is 3.71. The highest BCUT2D eigenvalue weighted by Crippen LogP contribution is 2.32. The Labute approximate surface area is 411 Å². The van der Waals surface area contributed by atoms with Gasteiger partial charge in [0.05, 0.1) is 23.5 Å². The summed E-state index contributed by atoms with van der Waals surface area (Å²) < 4.78 is 5.16. The number of aliphatic hydroxyl groups is 2. The largest absolute Gasteiger partial charge is 0.482 e. The van der Waals surface area contributed by atoms with E-state index in [-0.39, 0.29) is 35.7 Å². The predicted molar refractivity (Wildman–Crippen MR) is 282 cm³/mol. The quantitative estimate of drug-likeness (QED) is 0.0205. The average molecular weight is 958 g/mol. The molecule has 0 radical (unpaired) electrons. The Hall–Kier alpha value is -6.10. The Bertz CT molecular complexity index is 2110. The van der Waals surface area contributed by atoms with E-state index in [9.17, 15) is 19.2 Å². The van der Waals surface area contributed by atoms with Gasteiger partial charge in [-0.3, -0.25) is 14.6 Å². The van der Waals surface area contributed by atoms with Gasteiger partial charge in [-0.05, 0) is 120 Å². The zero-order chi connectivity index (χ0) is 51.8. The number of nitrogens with one attached hydrogen (secondary N) is 3. The highest BCUT2D eigenvalue weighted by atomic mass is 16.5. The topological polar surface area (TPSA) is 217 Å². The minimum atomic E-state index is -0.172. The first kappa shape index (κ1) is 60.9. The van der Waals surface area contributed by atoms with E-state index >= 15 is 0 Å². The summed E-state index contributed by atoms with van der Waals surface area (Å²) in [5, 5.41) is 26.4. The molecule has 16 heteroatoms. The minimum Gasteiger partial charge on any atom is -0.482 e. The molecule has 2 aromatic carbocycles. The Morgan fingerprint density at radius 2 is 1.72 bits per heavy atom. The third kappa shape index (κ3) is 20.6. The molecule has 382 valence electrons. The molecule has 2 aliphatic heterocycles. The summed E-state index contributed by atoms with van der Waals surface area (Å²) in [4.78, 5) is 54.2. The molecular formula is C53H83N9O7. The fraction of sp³-hybridized carbons (Fsp3) is 0.509. The molecule has 3 aromatic rings. The van der Waals surface area contributed by atoms with Gasteiger partial charge in [-0.1, -0.05) is 57.2 Å². The molecule has 16 nitrogen and oxygen atoms in total. The number of anilines is 1. The molecular weight excluding hydrogens is 875 g/mol. The highest BCUT2D eigenvalue weighted by molar-refractivity contribution is 5.89. The lowest BCUT2D eigenvalue weighted by Gasteiger charge is -2.44. The van der Waals surface area contributed by atoms with Crippen LogP contribution in [0.2, 0.25) is 0 Å². The van der Waals surface area contributed by atoms with Gasteiger partial charge in [0, 0.05) is 82.1 Å². The molecule has 2 saturated heterocycles. The number of carbonyl (C=O) groups excluding carboxylic acids is 4. The first-order chi connectivity index (χ1) is 33.3. The van der Waals surface area contributed by atoms with E-state index in [2.05, 4.69) is 95.8 Å². The predicted octanol–water partition coefficient (Wildman–Crippen LogP) is 7.59. The number of urea groups is 1. The fourth-order valence-corrected chi connectivity index (χ4v) is 7.85. The summed E-state index contributed by atoms with van der Waals surface area (Å²) in [5.41, 5.74) is 15.5. The van der Waals surface area contributed by atoms with E-state index < -0.39 is 0 Å². The Morgan fingerprint density at radius 1 is 1.01 bits per heavy atom. The van der Waals surface area contributed by atoms with Gasteiger partial charge >= 0.3 is 6.03 Å². The van der Waals surface area contributed by atoms with Crippen LogP contribution in [0.3, 0.4) is 0 Å². The molecule has 6 rings (SSSR count). The second kappa shape index (κ2) is 34.2. The number of aryl methyl sites for hydroxylation is 2. The normalized spacial score (nSPS) is 17.6. The molecule has 2 unspecified atom stereocenters. The Kier molecular flexibility index (Phi) is 30.2. The molecule has 3 aliphatic rings. The maximum Gasteiger partial charge on any atom is 0.321 e. The van der Waals surface area contributed by atoms with Crippen molar-refractivity contribution in [2.45, 2.75) is 123 Å². The van der Waals surface area contributed by atoms with E-state index in [1.165, 1.54) is 22.7 Å². The van der Waals surface area contributed by atoms with Crippen LogP contribution in [0.1, 0.15) is 109 Å². The van der Waals surface area contributed by atoms with Crippen molar-refractivity contribution in [2.75, 3.05) is 65.3 Å². The molecule has 69 heavy (non-hydrogen) atoms. The van der Waals surface area contributed by atoms with Gasteiger partial charge in [0.1, 0.15) is 18.6 Å². The van der Waals surface area contributed by atoms with Crippen LogP contribution in [-0.4, -0.2) is 133 Å². The number of aldehydes is 3. The zero-order valence-corrected chi connectivity index (χ0v) is 43.0. The van der Waals surface area contributed by atoms with Crippen LogP contribution < -0.4 is 21.8 Å². The number of unbranched alkanes of at least 4 members (excludes halogenated alkanes) is 2. The number of carbonyl (C=O) groups is 4. The number of piperidine rings is 2. The minimum absolute atomic E-state index is 0.00158. The van der Waals surface area contributed by atoms with E-state index in [4.69, 9.17) is 20.7 Å². The van der Waals surface area contributed by atoms with Crippen molar-refractivity contribution in [1.29, 1.82) is 0 Å². The Morgan fingerprint density at radius 3 is 2.33 bits per heavy atom. The highest BCUT2D eigenvalue weighted by Gasteiger charge is 2.32. The molecule has 7 N–H and O–H groups in total. The SMILES string of the molecule is C=CCCCC=O.CC.CCc1cccc(NC(=O)N2CCC(c3ccc4c(c3)c(C)nn4NC)CC2)c1.CN1CCC(NC2=CC=CC(N=C/C(OCC=O)=C(\N)C=O)C2)CC1(C)C.CO.CO. The van der Waals surface area contributed by atoms with Gasteiger partial charge < -0.3 is 51.3 Å². The zero-order valence-electron chi connectivity index (χ0n) is 43.0. The number of fused-ring (bicyclic) bond motifs is 1. The number of ether oxygens (including phenoxy) is 1. The summed E-state index contributed by atoms with van der Waals surface area (Å²) in [6, 6.07) is 15.0. The van der Waals surface area contributed by atoms with E-state index in [1.54, 1.807) is 0 Å². The molecule has 0 saturated carbocycles. The van der Waals surface area contributed by atoms with Crippen molar-refractivity contribution in [2.24, 2.45) is 10.7 Å². The summed E-state index contributed by atoms with van der Waals surface area (Å²) in [5.74, 6) is 0.593. The monoisotopic (exact) mass is 958 g/mol. The van der Waals surface area contributed by atoms with Gasteiger partial charge in [0.15, 0.2) is 18.3 Å². The first-order valence-corrected chi connectivity index (χ1v) is 24.0. The second-order valence-corrected chi connectivity index (χ2v) is 16.7. The summed E-state index contributed by atoms with van der Waals surface area (Å²) in [6.45, 7) is 18.7. The number of aliphatic hydroxyl groups excluding tert-OH is 2. The third-order valence-electron chi connectivity index (χ3n) is 11.8. The molecule has 0 bridgehead atoms. The van der Waals surface area contributed by atoms with Gasteiger partial charge in [0.2, 0.25) is 0 Å². The number of aliphatic imine (C=N–C) groups is 1. The smallest absolute Gasteiger partial charge is 0.321 e. The van der Waals surface area contributed by atoms with Crippen LogP contribution >= 0.6 is 0 Å². The number of allylic oxidation sites excluding steroid dienone is 5. The van der Waals surface area contributed by atoms with Crippen LogP contribution in [0, 0.1) is 6.92 Å². The second-order valence-electron chi connectivity index (χ2n) is 16.7. The lowest BCUT2D eigenvalue weighted by atomic mass is 9.87. The molecule has 2 atom stereocenters. The van der Waals surface area contributed by atoms with Crippen LogP contribution in [0.4, 0.5) is 10.5 Å². The lowest BCUT2D eigenvalue weighted by molar-refractivity contribution is -0.111. The van der Waals surface area contributed by atoms with Crippen molar-refractivity contribution in [3.63, 3.8) is 0 Å². The number of hydrogen-bond donors (Lipinski definition) is 6. The van der Waals surface area contributed by atoms with Gasteiger partial charge in [-0.25, -0.2) is 4.79 Å². The Balaban J connectivity index is 0.000000555. The summed E-state index contributed by atoms with van der Waals surface area (Å²) in [7, 11) is 6.05. The maximum absolute atomic E-state index is 12.7. The number of benzene rings is 2. The van der Waals surface area contributed by atoms with E-state index in [0.29, 0.717) is 31.0 Å². The molecule has 2 fully saturated rings. The van der Waals surface area contributed by atoms with Crippen molar-refractivity contribution >= 4 is 47.7 Å². The standard InChI is InChI=1S/C23H29N5O.C20H30N4O3.C6H10O.C2H6.2CH4O/c1-4-17-6-5-7-20(14-17)25-23(29)27-12-10-18(11-13-27)19-8-9-22-21(15-19)16(2)26-28(22)24-3;1-20(2)12-17(7-8-24(20)3)23-16-6-4-5-15(11-16)22-13-19(18(21)14-26)27-10-9-25;1-2-3-4-5-6-7;3*1-2/h5-9,14-15,18,24H,4,10-13H2,1-3H3,(H,25,29);4-6,9,13-15,17,23H,7-8,10-12,21H2,1-3H3;2,6H,1,3-5H2;1-2H3;2*2H,1H3/b;19-18+,22-13?;;;;. The number of rotatable bonds is 16. The first-order valence-electron chi connectivity index (χ1n) is 24.0. The van der Waals surface area contributed by atoms with Crippen LogP contribution in [0.25, 0.3) is 10.9 Å². The van der Waals surface area contributed by atoms with Crippen molar-refractivity contribution in [3.05, 3.63) is 107 Å². The van der Waals surface area contributed by atoms with Crippen molar-refractivity contribution in [3.8, 4) is 0 Å². The molecule has 2 amide bonds. The van der Waals surface area contributed by atoms with Crippen LogP contribution in [0.15, 0.2) is 95.5 Å². The maximum atomic E-state index is 12.7. The molecule has 1 aromatic heterocycles. The lowest BCUT2D eigenvalue weighted by Crippen LogP contribution is -2.52. The van der Waals surface area contributed by atoms with Crippen LogP contribution in [-0.2, 0) is 25.5 Å². The number of nitrogens with two attached hydrogens (primary N) is 1. The molecule has 1 aliphatic carbocycles. The number of nitrogens with zero attached hydrogens (tertiary/aromatic N) is 5. The van der Waals surface area contributed by atoms with E-state index in [0.717, 1.165) is 114 Å². The summed E-state index contributed by atoms with van der Waals surface area (Å²) >= 11 is 0. The molecule has 0 spiro atoms. The van der Waals surface area contributed by atoms with Crippen molar-refractivity contribution in [1.82, 2.24) is 25.0 Å². The number of aromatic nitrogens is 2. The van der Waals surface area contributed by atoms with Gasteiger partial charge in [-0.15, -0.1) is 6.58 Å². The number of likely N-dealkylation sites (tertiary alicyclic amines) is 2. The molecule has 3 heterocycles. The van der Waals surface area contributed by atoms with Crippen molar-refractivity contribution < 1.29 is 34.1 Å². The third-order valence-corrected chi connectivity index (χ3v) is 11.8. The number of amides is 2. The van der Waals surface area contributed by atoms with Crippen LogP contribution in [0.5, 0.6) is 0 Å². The van der Waals surface area contributed by atoms with Gasteiger partial charge in [0.25, 0.3) is 0 Å². The number of hydrogen-bond acceptors (Lipinski definition) is 13. The fourth-order valence-electron chi connectivity index (χ4n) is 7.85.